The summed E-state index contributed by atoms with van der Waals surface area (Å²) in [5.41, 5.74) is 2.52. The highest BCUT2D eigenvalue weighted by molar-refractivity contribution is 8.26. The van der Waals surface area contributed by atoms with Crippen molar-refractivity contribution in [2.75, 3.05) is 0 Å². The lowest BCUT2D eigenvalue weighted by Crippen LogP contribution is -2.17. The lowest BCUT2D eigenvalue weighted by atomic mass is 10.1. The maximum absolute atomic E-state index is 11.8. The lowest BCUT2D eigenvalue weighted by Gasteiger charge is -1.99. The molecule has 2 heterocycles. The van der Waals surface area contributed by atoms with Gasteiger partial charge in [0.1, 0.15) is 9.84 Å². The first-order chi connectivity index (χ1) is 11.6. The van der Waals surface area contributed by atoms with E-state index in [1.807, 2.05) is 30.3 Å². The van der Waals surface area contributed by atoms with Crippen LogP contribution in [-0.4, -0.2) is 15.4 Å². The van der Waals surface area contributed by atoms with Gasteiger partial charge >= 0.3 is 0 Å². The number of halogens is 1. The molecule has 0 bridgehead atoms. The number of nitrogens with one attached hydrogen (secondary N) is 1. The second-order valence-corrected chi connectivity index (χ2v) is 7.30. The molecule has 4 rings (SSSR count). The van der Waals surface area contributed by atoms with Crippen molar-refractivity contribution in [2.24, 2.45) is 0 Å². The first-order valence-corrected chi connectivity index (χ1v) is 8.61. The standard InChI is InChI=1S/C17H9ClN2O2S2/c18-11-4-2-10(3-5-11)15-12-7-9(1-6-13(12)20-22-15)8-14-16(21)19-17(23)24-14/h1-8H,(H,19,21,23)/b14-8+. The number of thiocarbonyl (C=S) groups is 1. The Hall–Kier alpha value is -2.15. The third-order valence-electron chi connectivity index (χ3n) is 3.55. The fourth-order valence-corrected chi connectivity index (χ4v) is 3.60. The monoisotopic (exact) mass is 372 g/mol. The third-order valence-corrected chi connectivity index (χ3v) is 4.96. The Morgan fingerprint density at radius 2 is 2.00 bits per heavy atom. The molecule has 1 N–H and O–H groups in total. The Bertz CT molecular complexity index is 1010. The molecule has 4 nitrogen and oxygen atoms in total. The molecule has 24 heavy (non-hydrogen) atoms. The Kier molecular flexibility index (Phi) is 3.88. The highest BCUT2D eigenvalue weighted by Gasteiger charge is 2.22. The van der Waals surface area contributed by atoms with Crippen LogP contribution in [0.4, 0.5) is 0 Å². The van der Waals surface area contributed by atoms with Gasteiger partial charge in [0.25, 0.3) is 5.91 Å². The van der Waals surface area contributed by atoms with Crippen LogP contribution in [0.25, 0.3) is 28.3 Å². The van der Waals surface area contributed by atoms with Gasteiger partial charge in [0.15, 0.2) is 5.76 Å². The first kappa shape index (κ1) is 15.4. The summed E-state index contributed by atoms with van der Waals surface area (Å²) in [7, 11) is 0. The molecule has 0 spiro atoms. The average Bonchev–Trinajstić information content (AvgIpc) is 3.11. The van der Waals surface area contributed by atoms with E-state index < -0.39 is 0 Å². The van der Waals surface area contributed by atoms with Crippen molar-refractivity contribution in [3.8, 4) is 11.3 Å². The summed E-state index contributed by atoms with van der Waals surface area (Å²) in [6, 6.07) is 13.1. The topological polar surface area (TPSA) is 55.1 Å². The third kappa shape index (κ3) is 2.84. The summed E-state index contributed by atoms with van der Waals surface area (Å²) < 4.78 is 5.96. The number of fused-ring (bicyclic) bond motifs is 1. The number of carbonyl (C=O) groups excluding carboxylic acids is 1. The van der Waals surface area contributed by atoms with Crippen molar-refractivity contribution >= 4 is 62.8 Å². The van der Waals surface area contributed by atoms with E-state index in [9.17, 15) is 4.79 Å². The van der Waals surface area contributed by atoms with E-state index in [1.54, 1.807) is 18.2 Å². The molecule has 0 aliphatic carbocycles. The molecule has 0 radical (unpaired) electrons. The Labute approximate surface area is 151 Å². The van der Waals surface area contributed by atoms with Crippen molar-refractivity contribution in [1.82, 2.24) is 10.5 Å². The Morgan fingerprint density at radius 1 is 1.21 bits per heavy atom. The van der Waals surface area contributed by atoms with Crippen molar-refractivity contribution < 1.29 is 9.32 Å². The summed E-state index contributed by atoms with van der Waals surface area (Å²) in [5.74, 6) is 0.495. The van der Waals surface area contributed by atoms with Crippen LogP contribution in [0.15, 0.2) is 51.9 Å². The number of hydrogen-bond donors (Lipinski definition) is 1. The molecule has 1 aliphatic heterocycles. The van der Waals surface area contributed by atoms with Crippen LogP contribution < -0.4 is 5.32 Å². The zero-order valence-electron chi connectivity index (χ0n) is 12.1. The van der Waals surface area contributed by atoms with Crippen molar-refractivity contribution in [3.63, 3.8) is 0 Å². The molecule has 1 aliphatic rings. The second kappa shape index (κ2) is 6.05. The van der Waals surface area contributed by atoms with Gasteiger partial charge in [-0.1, -0.05) is 46.8 Å². The molecule has 0 saturated carbocycles. The van der Waals surface area contributed by atoms with E-state index in [4.69, 9.17) is 28.3 Å². The van der Waals surface area contributed by atoms with Gasteiger partial charge in [0.05, 0.1) is 10.3 Å². The fourth-order valence-electron chi connectivity index (χ4n) is 2.43. The SMILES string of the molecule is O=C1NC(=S)S/C1=C/c1ccc2noc(-c3ccc(Cl)cc3)c2c1. The molecule has 3 aromatic rings. The van der Waals surface area contributed by atoms with E-state index in [-0.39, 0.29) is 5.91 Å². The van der Waals surface area contributed by atoms with E-state index in [0.29, 0.717) is 20.0 Å². The highest BCUT2D eigenvalue weighted by atomic mass is 35.5. The maximum atomic E-state index is 11.8. The summed E-state index contributed by atoms with van der Waals surface area (Å²) in [5, 5.41) is 8.22. The van der Waals surface area contributed by atoms with E-state index in [2.05, 4.69) is 10.5 Å². The molecule has 1 aromatic heterocycles. The number of carbonyl (C=O) groups is 1. The molecular weight excluding hydrogens is 364 g/mol. The van der Waals surface area contributed by atoms with Crippen LogP contribution in [0.5, 0.6) is 0 Å². The number of nitrogens with zero attached hydrogens (tertiary/aromatic N) is 1. The molecule has 0 atom stereocenters. The fraction of sp³-hybridized carbons (Fsp3) is 0. The summed E-state index contributed by atoms with van der Waals surface area (Å²) in [6.45, 7) is 0. The summed E-state index contributed by atoms with van der Waals surface area (Å²) in [6.07, 6.45) is 1.80. The van der Waals surface area contributed by atoms with Gasteiger partial charge in [-0.2, -0.15) is 0 Å². The molecule has 2 aromatic carbocycles. The van der Waals surface area contributed by atoms with E-state index in [1.165, 1.54) is 11.8 Å². The highest BCUT2D eigenvalue weighted by Crippen LogP contribution is 2.32. The number of thioether (sulfide) groups is 1. The van der Waals surface area contributed by atoms with Crippen LogP contribution >= 0.6 is 35.6 Å². The van der Waals surface area contributed by atoms with Crippen LogP contribution in [0.1, 0.15) is 5.56 Å². The predicted molar refractivity (Wildman–Crippen MR) is 101 cm³/mol. The number of benzene rings is 2. The molecule has 7 heteroatoms. The second-order valence-electron chi connectivity index (χ2n) is 5.15. The average molecular weight is 373 g/mol. The minimum atomic E-state index is -0.173. The number of rotatable bonds is 2. The number of hydrogen-bond acceptors (Lipinski definition) is 5. The van der Waals surface area contributed by atoms with Crippen molar-refractivity contribution in [3.05, 3.63) is 58.0 Å². The van der Waals surface area contributed by atoms with Crippen molar-refractivity contribution in [1.29, 1.82) is 0 Å². The van der Waals surface area contributed by atoms with Gasteiger partial charge < -0.3 is 9.84 Å². The molecular formula is C17H9ClN2O2S2. The smallest absolute Gasteiger partial charge is 0.263 e. The van der Waals surface area contributed by atoms with E-state index >= 15 is 0 Å². The quantitative estimate of drug-likeness (QED) is 0.524. The first-order valence-electron chi connectivity index (χ1n) is 7.00. The summed E-state index contributed by atoms with van der Waals surface area (Å²) in [4.78, 5) is 12.4. The van der Waals surface area contributed by atoms with Gasteiger partial charge in [-0.25, -0.2) is 0 Å². The van der Waals surface area contributed by atoms with Gasteiger partial charge in [0, 0.05) is 10.6 Å². The summed E-state index contributed by atoms with van der Waals surface area (Å²) >= 11 is 12.2. The van der Waals surface area contributed by atoms with Gasteiger partial charge in [-0.05, 0) is 48.0 Å². The zero-order chi connectivity index (χ0) is 16.7. The molecule has 1 saturated heterocycles. The van der Waals surface area contributed by atoms with Crippen LogP contribution in [0, 0.1) is 0 Å². The number of aromatic nitrogens is 1. The lowest BCUT2D eigenvalue weighted by molar-refractivity contribution is -0.115. The predicted octanol–water partition coefficient (Wildman–Crippen LogP) is 4.64. The molecule has 0 unspecified atom stereocenters. The molecule has 1 amide bonds. The van der Waals surface area contributed by atoms with Crippen LogP contribution in [-0.2, 0) is 4.79 Å². The largest absolute Gasteiger partial charge is 0.355 e. The molecule has 1 fully saturated rings. The van der Waals surface area contributed by atoms with Gasteiger partial charge in [-0.3, -0.25) is 4.79 Å². The van der Waals surface area contributed by atoms with Gasteiger partial charge in [-0.15, -0.1) is 0 Å². The Balaban J connectivity index is 1.79. The normalized spacial score (nSPS) is 16.1. The Morgan fingerprint density at radius 3 is 2.71 bits per heavy atom. The van der Waals surface area contributed by atoms with E-state index in [0.717, 1.165) is 22.0 Å². The van der Waals surface area contributed by atoms with Crippen LogP contribution in [0.2, 0.25) is 5.02 Å². The van der Waals surface area contributed by atoms with Crippen molar-refractivity contribution in [2.45, 2.75) is 0 Å². The zero-order valence-corrected chi connectivity index (χ0v) is 14.5. The number of amides is 1. The molecule has 118 valence electrons. The maximum Gasteiger partial charge on any atom is 0.263 e. The minimum Gasteiger partial charge on any atom is -0.355 e. The minimum absolute atomic E-state index is 0.173. The van der Waals surface area contributed by atoms with Crippen LogP contribution in [0.3, 0.4) is 0 Å². The van der Waals surface area contributed by atoms with Gasteiger partial charge in [0.2, 0.25) is 0 Å².